The van der Waals surface area contributed by atoms with E-state index >= 15 is 0 Å². The van der Waals surface area contributed by atoms with E-state index in [0.717, 1.165) is 6.42 Å². The Bertz CT molecular complexity index is 512. The van der Waals surface area contributed by atoms with Crippen LogP contribution < -0.4 is 16.2 Å². The van der Waals surface area contributed by atoms with Gasteiger partial charge in [0.1, 0.15) is 4.90 Å². The zero-order chi connectivity index (χ0) is 13.9. The maximum Gasteiger partial charge on any atom is 0.240 e. The first-order valence-electron chi connectivity index (χ1n) is 5.89. The molecule has 0 spiro atoms. The van der Waals surface area contributed by atoms with Crippen LogP contribution in [0.2, 0.25) is 0 Å². The van der Waals surface area contributed by atoms with Crippen molar-refractivity contribution in [2.24, 2.45) is 11.1 Å². The minimum atomic E-state index is -3.78. The number of nitrogens with one attached hydrogen (secondary N) is 1. The van der Waals surface area contributed by atoms with Gasteiger partial charge in [0.05, 0.1) is 11.4 Å². The molecule has 0 aromatic heterocycles. The first-order valence-corrected chi connectivity index (χ1v) is 7.44. The van der Waals surface area contributed by atoms with Crippen molar-refractivity contribution in [3.8, 4) is 0 Å². The molecule has 5 N–H and O–H groups in total. The number of anilines is 2. The lowest BCUT2D eigenvalue weighted by atomic mass is 10.0. The third kappa shape index (κ3) is 3.89. The molecule has 0 aliphatic carbocycles. The van der Waals surface area contributed by atoms with E-state index in [1.54, 1.807) is 12.1 Å². The fraction of sp³-hybridized carbons (Fsp3) is 0.500. The molecule has 1 atom stereocenters. The quantitative estimate of drug-likeness (QED) is 0.711. The lowest BCUT2D eigenvalue weighted by Crippen LogP contribution is -2.20. The van der Waals surface area contributed by atoms with Gasteiger partial charge in [-0.25, -0.2) is 13.6 Å². The molecule has 0 saturated heterocycles. The Morgan fingerprint density at radius 1 is 1.28 bits per heavy atom. The molecule has 0 heterocycles. The topological polar surface area (TPSA) is 98.2 Å². The summed E-state index contributed by atoms with van der Waals surface area (Å²) in [6, 6.07) is 4.99. The second-order valence-electron chi connectivity index (χ2n) is 4.94. The third-order valence-corrected chi connectivity index (χ3v) is 3.57. The van der Waals surface area contributed by atoms with Crippen molar-refractivity contribution in [3.05, 3.63) is 18.2 Å². The predicted molar refractivity (Wildman–Crippen MR) is 74.8 cm³/mol. The van der Waals surface area contributed by atoms with Gasteiger partial charge in [-0.1, -0.05) is 19.9 Å². The van der Waals surface area contributed by atoms with E-state index in [9.17, 15) is 8.42 Å². The minimum absolute atomic E-state index is 0.0377. The first kappa shape index (κ1) is 14.8. The van der Waals surface area contributed by atoms with Gasteiger partial charge in [-0.3, -0.25) is 0 Å². The summed E-state index contributed by atoms with van der Waals surface area (Å²) in [5, 5.41) is 8.31. The lowest BCUT2D eigenvalue weighted by Gasteiger charge is -2.19. The zero-order valence-corrected chi connectivity index (χ0v) is 11.8. The largest absolute Gasteiger partial charge is 0.396 e. The molecular weight excluding hydrogens is 250 g/mol. The molecule has 0 amide bonds. The van der Waals surface area contributed by atoms with Gasteiger partial charge in [0, 0.05) is 6.04 Å². The number of sulfonamides is 1. The van der Waals surface area contributed by atoms with Crippen LogP contribution in [-0.2, 0) is 10.0 Å². The number of hydrogen-bond acceptors (Lipinski definition) is 4. The Morgan fingerprint density at radius 2 is 1.89 bits per heavy atom. The summed E-state index contributed by atoms with van der Waals surface area (Å²) in [5.41, 5.74) is 6.61. The highest BCUT2D eigenvalue weighted by Gasteiger charge is 2.15. The first-order chi connectivity index (χ1) is 8.21. The van der Waals surface area contributed by atoms with Gasteiger partial charge in [-0.15, -0.1) is 0 Å². The van der Waals surface area contributed by atoms with Gasteiger partial charge < -0.3 is 11.1 Å². The van der Waals surface area contributed by atoms with Crippen LogP contribution in [0.15, 0.2) is 23.1 Å². The molecular formula is C12H21N3O2S. The van der Waals surface area contributed by atoms with Gasteiger partial charge in [0.2, 0.25) is 10.0 Å². The maximum absolute atomic E-state index is 11.3. The van der Waals surface area contributed by atoms with Crippen molar-refractivity contribution in [2.45, 2.75) is 38.1 Å². The lowest BCUT2D eigenvalue weighted by molar-refractivity contribution is 0.540. The van der Waals surface area contributed by atoms with E-state index in [2.05, 4.69) is 19.2 Å². The molecule has 0 fully saturated rings. The molecule has 0 saturated carbocycles. The molecule has 5 nitrogen and oxygen atoms in total. The average Bonchev–Trinajstić information content (AvgIpc) is 2.18. The molecule has 1 rings (SSSR count). The highest BCUT2D eigenvalue weighted by atomic mass is 32.2. The molecule has 0 aliphatic rings. The molecule has 1 unspecified atom stereocenters. The maximum atomic E-state index is 11.3. The van der Waals surface area contributed by atoms with Crippen LogP contribution in [0.25, 0.3) is 0 Å². The van der Waals surface area contributed by atoms with Gasteiger partial charge in [-0.05, 0) is 31.4 Å². The number of primary sulfonamides is 1. The molecule has 0 radical (unpaired) electrons. The molecule has 102 valence electrons. The Morgan fingerprint density at radius 3 is 2.39 bits per heavy atom. The van der Waals surface area contributed by atoms with Crippen LogP contribution in [0, 0.1) is 5.92 Å². The van der Waals surface area contributed by atoms with E-state index < -0.39 is 10.0 Å². The highest BCUT2D eigenvalue weighted by molar-refractivity contribution is 7.89. The number of nitrogens with two attached hydrogens (primary N) is 2. The van der Waals surface area contributed by atoms with Crippen molar-refractivity contribution < 1.29 is 8.42 Å². The molecule has 18 heavy (non-hydrogen) atoms. The van der Waals surface area contributed by atoms with E-state index in [1.807, 2.05) is 6.92 Å². The number of hydrogen-bond donors (Lipinski definition) is 3. The Hall–Kier alpha value is -1.27. The molecule has 6 heteroatoms. The van der Waals surface area contributed by atoms with E-state index in [4.69, 9.17) is 10.9 Å². The summed E-state index contributed by atoms with van der Waals surface area (Å²) < 4.78 is 22.7. The van der Waals surface area contributed by atoms with Crippen LogP contribution in [0.1, 0.15) is 27.2 Å². The number of nitrogen functional groups attached to an aromatic ring is 1. The summed E-state index contributed by atoms with van der Waals surface area (Å²) in [5.74, 6) is 0.551. The Labute approximate surface area is 109 Å². The molecule has 0 bridgehead atoms. The van der Waals surface area contributed by atoms with Crippen LogP contribution >= 0.6 is 0 Å². The van der Waals surface area contributed by atoms with Gasteiger partial charge in [0.15, 0.2) is 0 Å². The Balaban J connectivity index is 2.98. The molecule has 0 aliphatic heterocycles. The Kier molecular flexibility index (Phi) is 4.59. The monoisotopic (exact) mass is 271 g/mol. The standard InChI is InChI=1S/C12H21N3O2S/c1-8(2)7-9(3)15-10-5-4-6-11(12(10)13)18(14,16)17/h4-6,8-9,15H,7,13H2,1-3H3,(H2,14,16,17). The van der Waals surface area contributed by atoms with E-state index in [0.29, 0.717) is 11.6 Å². The average molecular weight is 271 g/mol. The van der Waals surface area contributed by atoms with Crippen LogP contribution in [0.5, 0.6) is 0 Å². The van der Waals surface area contributed by atoms with Crippen molar-refractivity contribution in [1.29, 1.82) is 0 Å². The van der Waals surface area contributed by atoms with Crippen LogP contribution in [-0.4, -0.2) is 14.5 Å². The fourth-order valence-corrected chi connectivity index (χ4v) is 2.63. The summed E-state index contributed by atoms with van der Waals surface area (Å²) in [4.78, 5) is -0.0377. The van der Waals surface area contributed by atoms with Crippen molar-refractivity contribution in [2.75, 3.05) is 11.1 Å². The highest BCUT2D eigenvalue weighted by Crippen LogP contribution is 2.26. The normalized spacial score (nSPS) is 13.6. The number of para-hydroxylation sites is 1. The van der Waals surface area contributed by atoms with Gasteiger partial charge in [-0.2, -0.15) is 0 Å². The summed E-state index contributed by atoms with van der Waals surface area (Å²) >= 11 is 0. The van der Waals surface area contributed by atoms with E-state index in [-0.39, 0.29) is 16.6 Å². The van der Waals surface area contributed by atoms with Crippen molar-refractivity contribution in [1.82, 2.24) is 0 Å². The smallest absolute Gasteiger partial charge is 0.240 e. The summed E-state index contributed by atoms with van der Waals surface area (Å²) in [6.07, 6.45) is 0.971. The molecule has 1 aromatic rings. The minimum Gasteiger partial charge on any atom is -0.396 e. The number of rotatable bonds is 5. The second kappa shape index (κ2) is 5.58. The van der Waals surface area contributed by atoms with Gasteiger partial charge in [0.25, 0.3) is 0 Å². The predicted octanol–water partition coefficient (Wildman–Crippen LogP) is 1.76. The van der Waals surface area contributed by atoms with Gasteiger partial charge >= 0.3 is 0 Å². The summed E-state index contributed by atoms with van der Waals surface area (Å²) in [7, 11) is -3.78. The fourth-order valence-electron chi connectivity index (χ4n) is 1.95. The van der Waals surface area contributed by atoms with Crippen molar-refractivity contribution in [3.63, 3.8) is 0 Å². The zero-order valence-electron chi connectivity index (χ0n) is 11.0. The SMILES string of the molecule is CC(C)CC(C)Nc1cccc(S(N)(=O)=O)c1N. The van der Waals surface area contributed by atoms with Crippen molar-refractivity contribution >= 4 is 21.4 Å². The van der Waals surface area contributed by atoms with Crippen LogP contribution in [0.3, 0.4) is 0 Å². The number of benzene rings is 1. The third-order valence-electron chi connectivity index (χ3n) is 2.60. The van der Waals surface area contributed by atoms with E-state index in [1.165, 1.54) is 6.07 Å². The van der Waals surface area contributed by atoms with Crippen LogP contribution in [0.4, 0.5) is 11.4 Å². The second-order valence-corrected chi connectivity index (χ2v) is 6.47. The summed E-state index contributed by atoms with van der Waals surface area (Å²) in [6.45, 7) is 6.29. The molecule has 1 aromatic carbocycles.